The van der Waals surface area contributed by atoms with Crippen LogP contribution in [0.15, 0.2) is 0 Å². The van der Waals surface area contributed by atoms with Gasteiger partial charge in [-0.2, -0.15) is 0 Å². The van der Waals surface area contributed by atoms with Crippen molar-refractivity contribution in [3.05, 3.63) is 0 Å². The SMILES string of the molecule is CC(C)C1CC2CCC1CC2. The second-order valence-electron chi connectivity index (χ2n) is 4.92. The van der Waals surface area contributed by atoms with Crippen molar-refractivity contribution >= 4 is 0 Å². The lowest BCUT2D eigenvalue weighted by Gasteiger charge is -2.44. The van der Waals surface area contributed by atoms with Crippen LogP contribution in [0.3, 0.4) is 0 Å². The Morgan fingerprint density at radius 1 is 1.00 bits per heavy atom. The summed E-state index contributed by atoms with van der Waals surface area (Å²) in [5.74, 6) is 4.26. The number of hydrogen-bond acceptors (Lipinski definition) is 0. The van der Waals surface area contributed by atoms with Crippen LogP contribution in [-0.4, -0.2) is 0 Å². The van der Waals surface area contributed by atoms with Gasteiger partial charge < -0.3 is 0 Å². The quantitative estimate of drug-likeness (QED) is 0.539. The molecule has 3 rings (SSSR count). The maximum atomic E-state index is 2.41. The van der Waals surface area contributed by atoms with E-state index in [0.29, 0.717) is 0 Å². The van der Waals surface area contributed by atoms with E-state index in [4.69, 9.17) is 0 Å². The molecule has 0 N–H and O–H groups in total. The summed E-state index contributed by atoms with van der Waals surface area (Å²) in [6.45, 7) is 4.82. The summed E-state index contributed by atoms with van der Waals surface area (Å²) in [5.41, 5.74) is 0. The van der Waals surface area contributed by atoms with Crippen LogP contribution >= 0.6 is 0 Å². The van der Waals surface area contributed by atoms with Crippen LogP contribution in [-0.2, 0) is 0 Å². The van der Waals surface area contributed by atoms with E-state index < -0.39 is 0 Å². The van der Waals surface area contributed by atoms with E-state index >= 15 is 0 Å². The van der Waals surface area contributed by atoms with Crippen LogP contribution < -0.4 is 0 Å². The van der Waals surface area contributed by atoms with E-state index in [0.717, 1.165) is 23.7 Å². The van der Waals surface area contributed by atoms with Gasteiger partial charge in [-0.3, -0.25) is 0 Å². The Morgan fingerprint density at radius 2 is 1.64 bits per heavy atom. The first-order chi connectivity index (χ1) is 5.27. The molecule has 0 radical (unpaired) electrons. The molecule has 3 fully saturated rings. The summed E-state index contributed by atoms with van der Waals surface area (Å²) in [5, 5.41) is 0. The monoisotopic (exact) mass is 152 g/mol. The van der Waals surface area contributed by atoms with Gasteiger partial charge in [0.1, 0.15) is 0 Å². The molecule has 0 nitrogen and oxygen atoms in total. The van der Waals surface area contributed by atoms with Crippen LogP contribution in [0.2, 0.25) is 0 Å². The zero-order valence-electron chi connectivity index (χ0n) is 7.84. The molecule has 11 heavy (non-hydrogen) atoms. The molecule has 0 saturated heterocycles. The number of rotatable bonds is 1. The molecule has 64 valence electrons. The maximum Gasteiger partial charge on any atom is -0.0360 e. The van der Waals surface area contributed by atoms with E-state index in [9.17, 15) is 0 Å². The minimum absolute atomic E-state index is 0.947. The Morgan fingerprint density at radius 3 is 1.91 bits per heavy atom. The van der Waals surface area contributed by atoms with Gasteiger partial charge in [-0.25, -0.2) is 0 Å². The normalized spacial score (nSPS) is 43.4. The van der Waals surface area contributed by atoms with Crippen LogP contribution in [0.4, 0.5) is 0 Å². The fraction of sp³-hybridized carbons (Fsp3) is 1.00. The Kier molecular flexibility index (Phi) is 1.95. The Hall–Kier alpha value is 0. The molecule has 3 aliphatic rings. The lowest BCUT2D eigenvalue weighted by Crippen LogP contribution is -2.33. The Bertz CT molecular complexity index is 129. The average molecular weight is 152 g/mol. The predicted octanol–water partition coefficient (Wildman–Crippen LogP) is 3.47. The highest BCUT2D eigenvalue weighted by Gasteiger charge is 2.36. The fourth-order valence-electron chi connectivity index (χ4n) is 3.25. The molecule has 0 aliphatic heterocycles. The lowest BCUT2D eigenvalue weighted by molar-refractivity contribution is 0.0680. The zero-order chi connectivity index (χ0) is 7.84. The van der Waals surface area contributed by atoms with Gasteiger partial charge >= 0.3 is 0 Å². The fourth-order valence-corrected chi connectivity index (χ4v) is 3.25. The van der Waals surface area contributed by atoms with E-state index in [2.05, 4.69) is 13.8 Å². The molecule has 1 unspecified atom stereocenters. The van der Waals surface area contributed by atoms with Crippen molar-refractivity contribution in [2.45, 2.75) is 46.0 Å². The first kappa shape index (κ1) is 7.64. The van der Waals surface area contributed by atoms with Gasteiger partial charge in [-0.1, -0.05) is 26.7 Å². The molecular weight excluding hydrogens is 132 g/mol. The minimum atomic E-state index is 0.947. The largest absolute Gasteiger partial charge is 0.0625 e. The van der Waals surface area contributed by atoms with Crippen LogP contribution in [0.25, 0.3) is 0 Å². The predicted molar refractivity (Wildman–Crippen MR) is 48.4 cm³/mol. The van der Waals surface area contributed by atoms with Crippen molar-refractivity contribution in [1.82, 2.24) is 0 Å². The van der Waals surface area contributed by atoms with Crippen molar-refractivity contribution in [3.8, 4) is 0 Å². The molecule has 0 aromatic heterocycles. The van der Waals surface area contributed by atoms with Gasteiger partial charge in [0, 0.05) is 0 Å². The smallest absolute Gasteiger partial charge is 0.0360 e. The first-order valence-corrected chi connectivity index (χ1v) is 5.27. The van der Waals surface area contributed by atoms with Gasteiger partial charge in [0.15, 0.2) is 0 Å². The third-order valence-electron chi connectivity index (χ3n) is 3.96. The Balaban J connectivity index is 2.03. The van der Waals surface area contributed by atoms with Crippen molar-refractivity contribution in [3.63, 3.8) is 0 Å². The van der Waals surface area contributed by atoms with E-state index in [-0.39, 0.29) is 0 Å². The topological polar surface area (TPSA) is 0 Å². The third kappa shape index (κ3) is 1.32. The summed E-state index contributed by atoms with van der Waals surface area (Å²) in [6.07, 6.45) is 7.76. The summed E-state index contributed by atoms with van der Waals surface area (Å²) < 4.78 is 0. The second kappa shape index (κ2) is 2.80. The summed E-state index contributed by atoms with van der Waals surface area (Å²) in [6, 6.07) is 0. The zero-order valence-corrected chi connectivity index (χ0v) is 7.84. The molecule has 3 aliphatic carbocycles. The van der Waals surface area contributed by atoms with Crippen molar-refractivity contribution in [2.24, 2.45) is 23.7 Å². The average Bonchev–Trinajstić information content (AvgIpc) is 2.06. The molecule has 0 heterocycles. The second-order valence-corrected chi connectivity index (χ2v) is 4.92. The van der Waals surface area contributed by atoms with Gasteiger partial charge in [0.25, 0.3) is 0 Å². The van der Waals surface area contributed by atoms with E-state index in [1.165, 1.54) is 0 Å². The molecule has 0 aromatic carbocycles. The molecule has 0 spiro atoms. The highest BCUT2D eigenvalue weighted by Crippen LogP contribution is 2.47. The van der Waals surface area contributed by atoms with Crippen LogP contribution in [0.5, 0.6) is 0 Å². The Labute approximate surface area is 70.4 Å². The van der Waals surface area contributed by atoms with Gasteiger partial charge in [-0.05, 0) is 42.9 Å². The molecule has 3 saturated carbocycles. The third-order valence-corrected chi connectivity index (χ3v) is 3.96. The molecule has 0 heteroatoms. The van der Waals surface area contributed by atoms with Crippen LogP contribution in [0.1, 0.15) is 46.0 Å². The maximum absolute atomic E-state index is 2.41. The summed E-state index contributed by atoms with van der Waals surface area (Å²) >= 11 is 0. The lowest BCUT2D eigenvalue weighted by atomic mass is 9.62. The van der Waals surface area contributed by atoms with E-state index in [1.54, 1.807) is 32.1 Å². The van der Waals surface area contributed by atoms with Gasteiger partial charge in [0.2, 0.25) is 0 Å². The van der Waals surface area contributed by atoms with Crippen molar-refractivity contribution < 1.29 is 0 Å². The highest BCUT2D eigenvalue weighted by molar-refractivity contribution is 4.87. The van der Waals surface area contributed by atoms with Gasteiger partial charge in [-0.15, -0.1) is 0 Å². The number of fused-ring (bicyclic) bond motifs is 3. The summed E-state index contributed by atoms with van der Waals surface area (Å²) in [7, 11) is 0. The molecule has 0 aromatic rings. The molecule has 0 amide bonds. The van der Waals surface area contributed by atoms with E-state index in [1.807, 2.05) is 0 Å². The van der Waals surface area contributed by atoms with Crippen molar-refractivity contribution in [2.75, 3.05) is 0 Å². The minimum Gasteiger partial charge on any atom is -0.0625 e. The van der Waals surface area contributed by atoms with Crippen molar-refractivity contribution in [1.29, 1.82) is 0 Å². The van der Waals surface area contributed by atoms with Gasteiger partial charge in [0.05, 0.1) is 0 Å². The first-order valence-electron chi connectivity index (χ1n) is 5.27. The highest BCUT2D eigenvalue weighted by atomic mass is 14.4. The van der Waals surface area contributed by atoms with Crippen LogP contribution in [0, 0.1) is 23.7 Å². The molecule has 1 atom stereocenters. The molecule has 2 bridgehead atoms. The summed E-state index contributed by atoms with van der Waals surface area (Å²) in [4.78, 5) is 0. The standard InChI is InChI=1S/C11H20/c1-8(2)11-7-9-3-5-10(11)6-4-9/h8-11H,3-7H2,1-2H3. The number of hydrogen-bond donors (Lipinski definition) is 0. The molecular formula is C11H20.